The maximum Gasteiger partial charge on any atom is 0.244 e. The molecule has 1 aromatic rings. The smallest absolute Gasteiger partial charge is 0.244 e. The molecule has 0 saturated heterocycles. The summed E-state index contributed by atoms with van der Waals surface area (Å²) in [6.07, 6.45) is 0. The minimum absolute atomic E-state index is 0.0893. The summed E-state index contributed by atoms with van der Waals surface area (Å²) in [6.45, 7) is 2.88. The summed E-state index contributed by atoms with van der Waals surface area (Å²) in [7, 11) is -4.17. The zero-order chi connectivity index (χ0) is 14.1. The van der Waals surface area contributed by atoms with Crippen molar-refractivity contribution < 1.29 is 17.2 Å². The van der Waals surface area contributed by atoms with E-state index in [1.54, 1.807) is 0 Å². The van der Waals surface area contributed by atoms with Gasteiger partial charge in [-0.1, -0.05) is 12.2 Å². The molecule has 0 unspecified atom stereocenters. The molecule has 0 aromatic heterocycles. The van der Waals surface area contributed by atoms with E-state index in [2.05, 4.69) is 4.72 Å². The maximum atomic E-state index is 13.4. The number of rotatable bonds is 4. The summed E-state index contributed by atoms with van der Waals surface area (Å²) < 4.78 is 52.0. The number of sulfonamides is 1. The van der Waals surface area contributed by atoms with Crippen LogP contribution in [0, 0.1) is 11.6 Å². The lowest BCUT2D eigenvalue weighted by atomic mass is 10.1. The van der Waals surface area contributed by atoms with Crippen LogP contribution in [0.3, 0.4) is 0 Å². The van der Waals surface area contributed by atoms with Gasteiger partial charge in [0.1, 0.15) is 16.5 Å². The van der Waals surface area contributed by atoms with Gasteiger partial charge in [-0.05, 0) is 26.0 Å². The van der Waals surface area contributed by atoms with Gasteiger partial charge in [0, 0.05) is 6.07 Å². The Labute approximate surface area is 109 Å². The highest BCUT2D eigenvalue weighted by molar-refractivity contribution is 7.89. The fraction of sp³-hybridized carbons (Fsp3) is 0.300. The van der Waals surface area contributed by atoms with Crippen molar-refractivity contribution in [2.45, 2.75) is 24.3 Å². The van der Waals surface area contributed by atoms with Crippen molar-refractivity contribution in [3.63, 3.8) is 0 Å². The minimum Gasteiger partial charge on any atom is -0.392 e. The van der Waals surface area contributed by atoms with Crippen molar-refractivity contribution in [3.8, 4) is 0 Å². The van der Waals surface area contributed by atoms with E-state index in [4.69, 9.17) is 18.0 Å². The number of thiocarbonyl (C=S) groups is 1. The predicted octanol–water partition coefficient (Wildman–Crippen LogP) is 1.31. The van der Waals surface area contributed by atoms with Crippen molar-refractivity contribution in [3.05, 3.63) is 29.8 Å². The predicted molar refractivity (Wildman–Crippen MR) is 67.5 cm³/mol. The molecule has 0 aliphatic carbocycles. The molecule has 0 atom stereocenters. The Morgan fingerprint density at radius 3 is 2.39 bits per heavy atom. The van der Waals surface area contributed by atoms with E-state index in [9.17, 15) is 17.2 Å². The molecule has 0 aliphatic heterocycles. The summed E-state index contributed by atoms with van der Waals surface area (Å²) in [6, 6.07) is 2.18. The third-order valence-corrected chi connectivity index (χ3v) is 4.39. The highest BCUT2D eigenvalue weighted by Gasteiger charge is 2.30. The first-order valence-corrected chi connectivity index (χ1v) is 6.74. The number of halogens is 2. The van der Waals surface area contributed by atoms with Gasteiger partial charge in [0.05, 0.1) is 10.5 Å². The van der Waals surface area contributed by atoms with Gasteiger partial charge < -0.3 is 5.73 Å². The van der Waals surface area contributed by atoms with Crippen LogP contribution in [0.1, 0.15) is 13.8 Å². The Kier molecular flexibility index (Phi) is 4.04. The highest BCUT2D eigenvalue weighted by atomic mass is 32.2. The van der Waals surface area contributed by atoms with Crippen molar-refractivity contribution in [1.82, 2.24) is 4.72 Å². The third-order valence-electron chi connectivity index (χ3n) is 2.19. The monoisotopic (exact) mass is 294 g/mol. The number of nitrogens with two attached hydrogens (primary N) is 1. The van der Waals surface area contributed by atoms with E-state index >= 15 is 0 Å². The molecule has 100 valence electrons. The van der Waals surface area contributed by atoms with Crippen LogP contribution in [-0.2, 0) is 10.0 Å². The van der Waals surface area contributed by atoms with E-state index in [-0.39, 0.29) is 4.99 Å². The van der Waals surface area contributed by atoms with E-state index in [0.29, 0.717) is 6.07 Å². The third kappa shape index (κ3) is 3.21. The molecule has 0 spiro atoms. The maximum absolute atomic E-state index is 13.4. The van der Waals surface area contributed by atoms with Gasteiger partial charge in [0.2, 0.25) is 10.0 Å². The Bertz CT molecular complexity index is 586. The van der Waals surface area contributed by atoms with Crippen LogP contribution >= 0.6 is 12.2 Å². The van der Waals surface area contributed by atoms with Crippen LogP contribution in [0.15, 0.2) is 23.1 Å². The van der Waals surface area contributed by atoms with E-state index in [1.807, 2.05) is 0 Å². The fourth-order valence-corrected chi connectivity index (χ4v) is 2.70. The summed E-state index contributed by atoms with van der Waals surface area (Å²) >= 11 is 4.70. The summed E-state index contributed by atoms with van der Waals surface area (Å²) in [5, 5.41) is 0. The molecule has 18 heavy (non-hydrogen) atoms. The van der Waals surface area contributed by atoms with E-state index in [1.165, 1.54) is 13.8 Å². The molecule has 0 saturated carbocycles. The molecule has 0 aliphatic rings. The molecule has 0 bridgehead atoms. The van der Waals surface area contributed by atoms with Gasteiger partial charge in [-0.25, -0.2) is 17.2 Å². The highest BCUT2D eigenvalue weighted by Crippen LogP contribution is 2.17. The van der Waals surface area contributed by atoms with Crippen molar-refractivity contribution >= 4 is 27.2 Å². The van der Waals surface area contributed by atoms with Gasteiger partial charge >= 0.3 is 0 Å². The average Bonchev–Trinajstić information content (AvgIpc) is 2.14. The molecule has 4 nitrogen and oxygen atoms in total. The quantitative estimate of drug-likeness (QED) is 0.821. The molecular weight excluding hydrogens is 282 g/mol. The molecule has 0 amide bonds. The molecule has 0 fully saturated rings. The van der Waals surface area contributed by atoms with Gasteiger partial charge in [0.25, 0.3) is 0 Å². The Morgan fingerprint density at radius 1 is 1.39 bits per heavy atom. The molecule has 8 heteroatoms. The SMILES string of the molecule is CC(C)(NS(=O)(=O)c1ccc(F)cc1F)C(N)=S. The fourth-order valence-electron chi connectivity index (χ4n) is 1.13. The van der Waals surface area contributed by atoms with Crippen LogP contribution in [0.5, 0.6) is 0 Å². The molecular formula is C10H12F2N2O2S2. The van der Waals surface area contributed by atoms with Gasteiger partial charge in [-0.15, -0.1) is 0 Å². The molecule has 0 radical (unpaired) electrons. The van der Waals surface area contributed by atoms with Crippen LogP contribution in [0.25, 0.3) is 0 Å². The normalized spacial score (nSPS) is 12.4. The zero-order valence-electron chi connectivity index (χ0n) is 9.70. The second-order valence-electron chi connectivity index (χ2n) is 4.17. The van der Waals surface area contributed by atoms with Crippen molar-refractivity contribution in [1.29, 1.82) is 0 Å². The second-order valence-corrected chi connectivity index (χ2v) is 6.26. The summed E-state index contributed by atoms with van der Waals surface area (Å²) in [4.78, 5) is -0.748. The summed E-state index contributed by atoms with van der Waals surface area (Å²) in [5.74, 6) is -2.04. The van der Waals surface area contributed by atoms with Crippen LogP contribution in [-0.4, -0.2) is 18.9 Å². The largest absolute Gasteiger partial charge is 0.392 e. The Balaban J connectivity index is 3.19. The second kappa shape index (κ2) is 4.87. The lowest BCUT2D eigenvalue weighted by Crippen LogP contribution is -2.52. The minimum atomic E-state index is -4.17. The molecule has 1 aromatic carbocycles. The first-order valence-electron chi connectivity index (χ1n) is 4.85. The Hall–Kier alpha value is -1.12. The number of nitrogens with one attached hydrogen (secondary N) is 1. The van der Waals surface area contributed by atoms with Crippen molar-refractivity contribution in [2.75, 3.05) is 0 Å². The lowest BCUT2D eigenvalue weighted by molar-refractivity contribution is 0.526. The number of hydrogen-bond acceptors (Lipinski definition) is 3. The van der Waals surface area contributed by atoms with Gasteiger partial charge in [-0.2, -0.15) is 4.72 Å². The number of hydrogen-bond donors (Lipinski definition) is 2. The first-order chi connectivity index (χ1) is 8.06. The summed E-state index contributed by atoms with van der Waals surface area (Å²) in [5.41, 5.74) is 4.16. The number of benzene rings is 1. The van der Waals surface area contributed by atoms with Gasteiger partial charge in [0.15, 0.2) is 0 Å². The van der Waals surface area contributed by atoms with Gasteiger partial charge in [-0.3, -0.25) is 0 Å². The van der Waals surface area contributed by atoms with E-state index < -0.39 is 32.1 Å². The average molecular weight is 294 g/mol. The van der Waals surface area contributed by atoms with Crippen LogP contribution in [0.4, 0.5) is 8.78 Å². The van der Waals surface area contributed by atoms with Crippen LogP contribution in [0.2, 0.25) is 0 Å². The molecule has 1 rings (SSSR count). The molecule has 0 heterocycles. The standard InChI is InChI=1S/C10H12F2N2O2S2/c1-10(2,9(13)17)14-18(15,16)8-4-3-6(11)5-7(8)12/h3-5,14H,1-2H3,(H2,13,17). The van der Waals surface area contributed by atoms with Crippen molar-refractivity contribution in [2.24, 2.45) is 5.73 Å². The Morgan fingerprint density at radius 2 is 1.94 bits per heavy atom. The first kappa shape index (κ1) is 14.9. The van der Waals surface area contributed by atoms with E-state index in [0.717, 1.165) is 12.1 Å². The van der Waals surface area contributed by atoms with Crippen LogP contribution < -0.4 is 10.5 Å². The zero-order valence-corrected chi connectivity index (χ0v) is 11.3. The lowest BCUT2D eigenvalue weighted by Gasteiger charge is -2.24. The molecule has 3 N–H and O–H groups in total. The topological polar surface area (TPSA) is 72.2 Å².